The third kappa shape index (κ3) is 4.83. The summed E-state index contributed by atoms with van der Waals surface area (Å²) >= 11 is 0. The minimum Gasteiger partial charge on any atom is -0.383 e. The molecule has 2 fully saturated rings. The fraction of sp³-hybridized carbons (Fsp3) is 0.933. The summed E-state index contributed by atoms with van der Waals surface area (Å²) in [4.78, 5) is 4.34. The third-order valence-electron chi connectivity index (χ3n) is 4.23. The summed E-state index contributed by atoms with van der Waals surface area (Å²) in [5.41, 5.74) is 5.86. The van der Waals surface area contributed by atoms with Crippen LogP contribution in [0.1, 0.15) is 39.5 Å². The molecular formula is C15H29N3O3. The normalized spacial score (nSPS) is 35.1. The fourth-order valence-electron chi connectivity index (χ4n) is 2.96. The van der Waals surface area contributed by atoms with E-state index in [1.165, 1.54) is 12.8 Å². The Morgan fingerprint density at radius 2 is 2.19 bits per heavy atom. The zero-order chi connectivity index (χ0) is 15.3. The van der Waals surface area contributed by atoms with Crippen LogP contribution in [0.3, 0.4) is 0 Å². The second-order valence-corrected chi connectivity index (χ2v) is 6.37. The largest absolute Gasteiger partial charge is 0.383 e. The molecule has 1 aliphatic carbocycles. The first kappa shape index (κ1) is 16.5. The maximum atomic E-state index is 6.10. The van der Waals surface area contributed by atoms with E-state index in [9.17, 15) is 0 Å². The minimum absolute atomic E-state index is 0.0106. The monoisotopic (exact) mass is 299 g/mol. The fourth-order valence-corrected chi connectivity index (χ4v) is 2.96. The Kier molecular flexibility index (Phi) is 5.84. The van der Waals surface area contributed by atoms with Crippen LogP contribution in [0, 0.1) is 5.92 Å². The van der Waals surface area contributed by atoms with Crippen LogP contribution < -0.4 is 11.1 Å². The van der Waals surface area contributed by atoms with Crippen molar-refractivity contribution in [3.63, 3.8) is 0 Å². The number of aliphatic imine (C=N–C) groups is 1. The van der Waals surface area contributed by atoms with Gasteiger partial charge in [0, 0.05) is 26.0 Å². The lowest BCUT2D eigenvalue weighted by Crippen LogP contribution is -2.41. The second kappa shape index (κ2) is 7.42. The summed E-state index contributed by atoms with van der Waals surface area (Å²) < 4.78 is 17.1. The van der Waals surface area contributed by atoms with Crippen LogP contribution >= 0.6 is 0 Å². The predicted octanol–water partition coefficient (Wildman–Crippen LogP) is 1.25. The highest BCUT2D eigenvalue weighted by Crippen LogP contribution is 2.39. The Hall–Kier alpha value is -0.850. The van der Waals surface area contributed by atoms with Gasteiger partial charge in [-0.3, -0.25) is 4.99 Å². The number of nitrogens with one attached hydrogen (secondary N) is 1. The van der Waals surface area contributed by atoms with E-state index < -0.39 is 0 Å². The van der Waals surface area contributed by atoms with Crippen molar-refractivity contribution in [2.24, 2.45) is 16.6 Å². The molecule has 0 amide bonds. The van der Waals surface area contributed by atoms with Gasteiger partial charge in [0.15, 0.2) is 11.7 Å². The molecule has 122 valence electrons. The number of methoxy groups -OCH3 is 1. The highest BCUT2D eigenvalue weighted by atomic mass is 16.7. The SMILES string of the molecule is COCC(C)NC(N)=NCC1COC2(CCC(C)CC2)O1. The third-order valence-corrected chi connectivity index (χ3v) is 4.23. The van der Waals surface area contributed by atoms with Crippen molar-refractivity contribution in [2.75, 3.05) is 26.9 Å². The van der Waals surface area contributed by atoms with E-state index in [4.69, 9.17) is 19.9 Å². The molecule has 0 radical (unpaired) electrons. The van der Waals surface area contributed by atoms with E-state index in [1.807, 2.05) is 6.92 Å². The van der Waals surface area contributed by atoms with Gasteiger partial charge in [0.2, 0.25) is 0 Å². The molecule has 0 bridgehead atoms. The Morgan fingerprint density at radius 1 is 1.48 bits per heavy atom. The summed E-state index contributed by atoms with van der Waals surface area (Å²) in [6, 6.07) is 0.144. The van der Waals surface area contributed by atoms with Crippen LogP contribution in [0.15, 0.2) is 4.99 Å². The van der Waals surface area contributed by atoms with Crippen LogP contribution in [0.25, 0.3) is 0 Å². The van der Waals surface area contributed by atoms with Gasteiger partial charge in [0.05, 0.1) is 19.8 Å². The molecule has 3 N–H and O–H groups in total. The first-order chi connectivity index (χ1) is 10.0. The van der Waals surface area contributed by atoms with E-state index >= 15 is 0 Å². The second-order valence-electron chi connectivity index (χ2n) is 6.37. The van der Waals surface area contributed by atoms with Gasteiger partial charge in [-0.1, -0.05) is 6.92 Å². The standard InChI is InChI=1S/C15H29N3O3/c1-11-4-6-15(7-5-11)20-10-13(21-15)8-17-14(16)18-12(2)9-19-3/h11-13H,4-10H2,1-3H3,(H3,16,17,18). The predicted molar refractivity (Wildman–Crippen MR) is 82.2 cm³/mol. The molecule has 1 saturated carbocycles. The van der Waals surface area contributed by atoms with Crippen LogP contribution in [-0.2, 0) is 14.2 Å². The minimum atomic E-state index is -0.349. The summed E-state index contributed by atoms with van der Waals surface area (Å²) in [6.07, 6.45) is 4.35. The van der Waals surface area contributed by atoms with Crippen LogP contribution in [-0.4, -0.2) is 50.8 Å². The zero-order valence-electron chi connectivity index (χ0n) is 13.4. The molecule has 0 aromatic carbocycles. The number of nitrogens with zero attached hydrogens (tertiary/aromatic N) is 1. The number of hydrogen-bond donors (Lipinski definition) is 2. The number of rotatable bonds is 5. The van der Waals surface area contributed by atoms with Crippen molar-refractivity contribution in [1.82, 2.24) is 5.32 Å². The van der Waals surface area contributed by atoms with E-state index in [-0.39, 0.29) is 17.9 Å². The highest BCUT2D eigenvalue weighted by molar-refractivity contribution is 5.78. The molecule has 2 aliphatic rings. The van der Waals surface area contributed by atoms with Crippen molar-refractivity contribution in [3.8, 4) is 0 Å². The Morgan fingerprint density at radius 3 is 2.86 bits per heavy atom. The smallest absolute Gasteiger partial charge is 0.188 e. The van der Waals surface area contributed by atoms with Crippen LogP contribution in [0.5, 0.6) is 0 Å². The molecular weight excluding hydrogens is 270 g/mol. The summed E-state index contributed by atoms with van der Waals surface area (Å²) in [6.45, 7) is 6.03. The molecule has 21 heavy (non-hydrogen) atoms. The lowest BCUT2D eigenvalue weighted by atomic mass is 9.86. The van der Waals surface area contributed by atoms with Gasteiger partial charge in [0.25, 0.3) is 0 Å². The van der Waals surface area contributed by atoms with Gasteiger partial charge in [-0.15, -0.1) is 0 Å². The maximum absolute atomic E-state index is 6.10. The van der Waals surface area contributed by atoms with E-state index in [0.717, 1.165) is 18.8 Å². The molecule has 1 saturated heterocycles. The van der Waals surface area contributed by atoms with Crippen molar-refractivity contribution in [3.05, 3.63) is 0 Å². The highest BCUT2D eigenvalue weighted by Gasteiger charge is 2.43. The number of guanidine groups is 1. The summed E-state index contributed by atoms with van der Waals surface area (Å²) in [7, 11) is 1.67. The van der Waals surface area contributed by atoms with Gasteiger partial charge in [-0.05, 0) is 25.7 Å². The van der Waals surface area contributed by atoms with Crippen molar-refractivity contribution in [1.29, 1.82) is 0 Å². The molecule has 1 spiro atoms. The van der Waals surface area contributed by atoms with Gasteiger partial charge in [-0.25, -0.2) is 0 Å². The Bertz CT molecular complexity index is 354. The molecule has 0 aromatic heterocycles. The lowest BCUT2D eigenvalue weighted by Gasteiger charge is -2.34. The lowest BCUT2D eigenvalue weighted by molar-refractivity contribution is -0.190. The quantitative estimate of drug-likeness (QED) is 0.590. The van der Waals surface area contributed by atoms with Crippen LogP contribution in [0.4, 0.5) is 0 Å². The molecule has 6 heteroatoms. The first-order valence-electron chi connectivity index (χ1n) is 7.90. The molecule has 2 unspecified atom stereocenters. The number of hydrogen-bond acceptors (Lipinski definition) is 4. The van der Waals surface area contributed by atoms with Gasteiger partial charge in [0.1, 0.15) is 6.10 Å². The summed E-state index contributed by atoms with van der Waals surface area (Å²) in [5, 5.41) is 3.09. The van der Waals surface area contributed by atoms with Crippen molar-refractivity contribution < 1.29 is 14.2 Å². The summed E-state index contributed by atoms with van der Waals surface area (Å²) in [5.74, 6) is 0.862. The average Bonchev–Trinajstić information content (AvgIpc) is 2.84. The van der Waals surface area contributed by atoms with Crippen LogP contribution in [0.2, 0.25) is 0 Å². The van der Waals surface area contributed by atoms with E-state index in [2.05, 4.69) is 17.2 Å². The Labute approximate surface area is 127 Å². The van der Waals surface area contributed by atoms with Gasteiger partial charge < -0.3 is 25.3 Å². The molecule has 1 heterocycles. The number of ether oxygens (including phenoxy) is 3. The molecule has 0 aromatic rings. The van der Waals surface area contributed by atoms with Gasteiger partial charge in [-0.2, -0.15) is 0 Å². The molecule has 2 rings (SSSR count). The van der Waals surface area contributed by atoms with E-state index in [1.54, 1.807) is 7.11 Å². The zero-order valence-corrected chi connectivity index (χ0v) is 13.4. The van der Waals surface area contributed by atoms with Crippen molar-refractivity contribution in [2.45, 2.75) is 57.5 Å². The Balaban J connectivity index is 1.75. The molecule has 6 nitrogen and oxygen atoms in total. The first-order valence-corrected chi connectivity index (χ1v) is 7.90. The van der Waals surface area contributed by atoms with Gasteiger partial charge >= 0.3 is 0 Å². The van der Waals surface area contributed by atoms with E-state index in [0.29, 0.717) is 25.7 Å². The molecule has 1 aliphatic heterocycles. The topological polar surface area (TPSA) is 78.1 Å². The van der Waals surface area contributed by atoms with Crippen molar-refractivity contribution >= 4 is 5.96 Å². The number of nitrogens with two attached hydrogens (primary N) is 1. The molecule has 2 atom stereocenters. The average molecular weight is 299 g/mol. The maximum Gasteiger partial charge on any atom is 0.188 e.